The van der Waals surface area contributed by atoms with Crippen LogP contribution in [0.25, 0.3) is 142 Å². The minimum absolute atomic E-state index is 0.937. The summed E-state index contributed by atoms with van der Waals surface area (Å²) >= 11 is 0. The molecule has 0 saturated carbocycles. The predicted octanol–water partition coefficient (Wildman–Crippen LogP) is 26.7. The van der Waals surface area contributed by atoms with Crippen molar-refractivity contribution in [3.05, 3.63) is 393 Å². The Balaban J connectivity index is 0.940. The number of rotatable bonds is 5. The van der Waals surface area contributed by atoms with Crippen molar-refractivity contribution in [2.45, 2.75) is 41.5 Å². The Hall–Kier alpha value is -13.7. The number of fused-ring (bicyclic) bond motifs is 8. The van der Waals surface area contributed by atoms with Gasteiger partial charge in [-0.15, -0.1) is 0 Å². The molecule has 0 radical (unpaired) electrons. The smallest absolute Gasteiger partial charge is 0.0406 e. The third-order valence-corrected chi connectivity index (χ3v) is 22.0. The third kappa shape index (κ3) is 10.8. The molecule has 0 aliphatic rings. The van der Waals surface area contributed by atoms with Crippen LogP contribution in [0.1, 0.15) is 77.9 Å². The molecule has 0 aliphatic heterocycles. The lowest BCUT2D eigenvalue weighted by molar-refractivity contribution is 1.23. The normalized spacial score (nSPS) is 11.2. The summed E-state index contributed by atoms with van der Waals surface area (Å²) in [5, 5.41) is 18.1. The van der Waals surface area contributed by atoms with E-state index in [1.54, 1.807) is 0 Å². The first-order valence-corrected chi connectivity index (χ1v) is 36.5. The molecule has 18 aromatic rings. The predicted molar refractivity (Wildman–Crippen MR) is 452 cm³/mol. The van der Waals surface area contributed by atoms with Crippen molar-refractivity contribution in [2.75, 3.05) is 0 Å². The topological polar surface area (TPSA) is 0 Å². The van der Waals surface area contributed by atoms with Gasteiger partial charge in [0, 0.05) is 44.5 Å². The van der Waals surface area contributed by atoms with Crippen molar-refractivity contribution in [1.82, 2.24) is 0 Å². The monoisotopic (exact) mass is 1340 g/mol. The molecule has 0 nitrogen and oxygen atoms in total. The molecular weight excluding hydrogens is 1270 g/mol. The van der Waals surface area contributed by atoms with Gasteiger partial charge in [-0.1, -0.05) is 363 Å². The lowest BCUT2D eigenvalue weighted by Crippen LogP contribution is -2.07. The van der Waals surface area contributed by atoms with Crippen LogP contribution in [0.3, 0.4) is 0 Å². The quantitative estimate of drug-likeness (QED) is 0.119. The van der Waals surface area contributed by atoms with Gasteiger partial charge in [0.1, 0.15) is 0 Å². The van der Waals surface area contributed by atoms with E-state index in [4.69, 9.17) is 0 Å². The van der Waals surface area contributed by atoms with Gasteiger partial charge in [0.25, 0.3) is 0 Å². The second kappa shape index (κ2) is 26.9. The minimum Gasteiger partial charge on any atom is -0.0622 e. The van der Waals surface area contributed by atoms with Crippen molar-refractivity contribution in [2.24, 2.45) is 0 Å². The van der Waals surface area contributed by atoms with E-state index in [-0.39, 0.29) is 0 Å². The molecular formula is C106H70. The highest BCUT2D eigenvalue weighted by Crippen LogP contribution is 2.47. The SMILES string of the molecule is Cc1c(C#Cc2c3ccccc3c(-c3ccccc3)c3ccccc23)c(C)c(-c2c(C)c(C#Cc3c4ccccc4c(-c4ccccc4)c4ccccc34)c(C)c(C#Cc3c4ccccc4c(-c4ccccc4)c4ccccc34)c2C)c(C)c1C#Cc1c2ccccc2c(-c2ccccc2)c2ccccc12. The molecule has 0 atom stereocenters. The highest BCUT2D eigenvalue weighted by atomic mass is 14.3. The highest BCUT2D eigenvalue weighted by Gasteiger charge is 2.26. The van der Waals surface area contributed by atoms with Crippen molar-refractivity contribution in [3.63, 3.8) is 0 Å². The summed E-state index contributed by atoms with van der Waals surface area (Å²) in [5.41, 5.74) is 25.7. The number of benzene rings is 18. The molecule has 0 heteroatoms. The summed E-state index contributed by atoms with van der Waals surface area (Å²) in [6.45, 7) is 13.6. The van der Waals surface area contributed by atoms with Crippen molar-refractivity contribution < 1.29 is 0 Å². The van der Waals surface area contributed by atoms with Crippen LogP contribution in [0.15, 0.2) is 315 Å². The Morgan fingerprint density at radius 1 is 0.123 bits per heavy atom. The van der Waals surface area contributed by atoms with Gasteiger partial charge in [-0.25, -0.2) is 0 Å². The van der Waals surface area contributed by atoms with E-state index in [0.717, 1.165) is 175 Å². The molecule has 106 heavy (non-hydrogen) atoms. The molecule has 0 spiro atoms. The van der Waals surface area contributed by atoms with Crippen LogP contribution >= 0.6 is 0 Å². The zero-order valence-electron chi connectivity index (χ0n) is 60.0. The van der Waals surface area contributed by atoms with Crippen molar-refractivity contribution in [1.29, 1.82) is 0 Å². The van der Waals surface area contributed by atoms with Gasteiger partial charge in [-0.05, 0) is 217 Å². The van der Waals surface area contributed by atoms with E-state index < -0.39 is 0 Å². The summed E-state index contributed by atoms with van der Waals surface area (Å²) in [7, 11) is 0. The van der Waals surface area contributed by atoms with E-state index in [1.165, 1.54) is 44.5 Å². The van der Waals surface area contributed by atoms with Gasteiger partial charge < -0.3 is 0 Å². The summed E-state index contributed by atoms with van der Waals surface area (Å²) in [6, 6.07) is 113. The van der Waals surface area contributed by atoms with Crippen LogP contribution in [0.4, 0.5) is 0 Å². The molecule has 0 bridgehead atoms. The van der Waals surface area contributed by atoms with Gasteiger partial charge in [-0.2, -0.15) is 0 Å². The van der Waals surface area contributed by atoms with Gasteiger partial charge >= 0.3 is 0 Å². The molecule has 0 saturated heterocycles. The molecule has 18 aromatic carbocycles. The largest absolute Gasteiger partial charge is 0.0622 e. The maximum atomic E-state index is 4.00. The van der Waals surface area contributed by atoms with E-state index in [9.17, 15) is 0 Å². The van der Waals surface area contributed by atoms with E-state index in [1.807, 2.05) is 0 Å². The maximum absolute atomic E-state index is 4.00. The van der Waals surface area contributed by atoms with Crippen LogP contribution in [-0.4, -0.2) is 0 Å². The summed E-state index contributed by atoms with van der Waals surface area (Å²) in [5.74, 6) is 31.8. The zero-order valence-corrected chi connectivity index (χ0v) is 60.0. The van der Waals surface area contributed by atoms with Gasteiger partial charge in [0.05, 0.1) is 0 Å². The lowest BCUT2D eigenvalue weighted by atomic mass is 9.79. The molecule has 0 heterocycles. The summed E-state index contributed by atoms with van der Waals surface area (Å²) < 4.78 is 0. The van der Waals surface area contributed by atoms with Crippen LogP contribution in [0, 0.1) is 88.9 Å². The van der Waals surface area contributed by atoms with Gasteiger partial charge in [0.15, 0.2) is 0 Å². The van der Waals surface area contributed by atoms with E-state index >= 15 is 0 Å². The molecule has 0 unspecified atom stereocenters. The first-order chi connectivity index (χ1) is 52.2. The Bertz CT molecular complexity index is 5910. The van der Waals surface area contributed by atoms with Gasteiger partial charge in [0.2, 0.25) is 0 Å². The molecule has 0 fully saturated rings. The highest BCUT2D eigenvalue weighted by molar-refractivity contribution is 6.20. The first kappa shape index (κ1) is 64.4. The van der Waals surface area contributed by atoms with Crippen LogP contribution in [0.2, 0.25) is 0 Å². The standard InChI is InChI=1S/C106H70/c1-67-77(59-63-89-81-43-19-27-51-93(81)103(73-35-11-7-12-36-73)94-52-28-20-44-82(89)94)69(3)101(70(4)78(67)60-64-90-83-45-21-29-53-95(83)104(74-37-13-8-14-38-74)96-54-30-22-46-84(90)96)102-71(5)79(61-65-91-85-47-23-31-55-97(85)105(75-39-15-9-16-40-75)98-56-32-24-48-86(91)98)68(2)80(72(102)6)62-66-92-87-49-25-33-57-99(87)106(76-41-17-10-18-42-76)100-58-34-26-50-88(92)100/h7-58H,1-6H3. The molecule has 494 valence electrons. The van der Waals surface area contributed by atoms with Crippen LogP contribution in [0.5, 0.6) is 0 Å². The fraction of sp³-hybridized carbons (Fsp3) is 0.0566. The molecule has 18 rings (SSSR count). The van der Waals surface area contributed by atoms with Crippen LogP contribution < -0.4 is 0 Å². The Morgan fingerprint density at radius 3 is 0.415 bits per heavy atom. The van der Waals surface area contributed by atoms with Crippen molar-refractivity contribution in [3.8, 4) is 103 Å². The molecule has 0 aliphatic carbocycles. The minimum atomic E-state index is 0.937. The zero-order chi connectivity index (χ0) is 71.5. The summed E-state index contributed by atoms with van der Waals surface area (Å²) in [6.07, 6.45) is 0. The number of hydrogen-bond donors (Lipinski definition) is 0. The first-order valence-electron chi connectivity index (χ1n) is 36.5. The molecule has 0 amide bonds. The fourth-order valence-electron chi connectivity index (χ4n) is 17.2. The van der Waals surface area contributed by atoms with E-state index in [2.05, 4.69) is 404 Å². The Kier molecular flexibility index (Phi) is 16.3. The third-order valence-electron chi connectivity index (χ3n) is 22.0. The lowest BCUT2D eigenvalue weighted by Gasteiger charge is -2.24. The molecule has 0 aromatic heterocycles. The maximum Gasteiger partial charge on any atom is 0.0406 e. The van der Waals surface area contributed by atoms with E-state index in [0.29, 0.717) is 0 Å². The summed E-state index contributed by atoms with van der Waals surface area (Å²) in [4.78, 5) is 0. The Labute approximate surface area is 620 Å². The van der Waals surface area contributed by atoms with Crippen LogP contribution in [-0.2, 0) is 0 Å². The Morgan fingerprint density at radius 2 is 0.255 bits per heavy atom. The average Bonchev–Trinajstić information content (AvgIpc) is 0.758. The average molecular weight is 1340 g/mol. The van der Waals surface area contributed by atoms with Gasteiger partial charge in [-0.3, -0.25) is 0 Å². The fourth-order valence-corrected chi connectivity index (χ4v) is 17.2. The van der Waals surface area contributed by atoms with Crippen molar-refractivity contribution >= 4 is 86.2 Å². The second-order valence-corrected chi connectivity index (χ2v) is 27.8. The second-order valence-electron chi connectivity index (χ2n) is 27.8. The molecule has 0 N–H and O–H groups in total. The number of hydrogen-bond acceptors (Lipinski definition) is 0.